The van der Waals surface area contributed by atoms with Gasteiger partial charge in [-0.2, -0.15) is 0 Å². The summed E-state index contributed by atoms with van der Waals surface area (Å²) in [5.74, 6) is -0.0826. The van der Waals surface area contributed by atoms with Crippen molar-refractivity contribution in [1.82, 2.24) is 5.32 Å². The second-order valence-corrected chi connectivity index (χ2v) is 11.2. The van der Waals surface area contributed by atoms with Gasteiger partial charge in [0.1, 0.15) is 0 Å². The number of hydrogen-bond donors (Lipinski definition) is 3. The van der Waals surface area contributed by atoms with E-state index in [1.165, 1.54) is 83.5 Å². The molecule has 0 spiro atoms. The topological polar surface area (TPSA) is 69.6 Å². The molecule has 0 rings (SSSR count). The molecule has 4 nitrogen and oxygen atoms in total. The van der Waals surface area contributed by atoms with Crippen molar-refractivity contribution in [2.75, 3.05) is 6.61 Å². The maximum Gasteiger partial charge on any atom is 0.220 e. The van der Waals surface area contributed by atoms with Crippen LogP contribution in [0.25, 0.3) is 0 Å². The monoisotopic (exact) mass is 559 g/mol. The van der Waals surface area contributed by atoms with E-state index in [-0.39, 0.29) is 12.5 Å². The summed E-state index contributed by atoms with van der Waals surface area (Å²) in [5, 5.41) is 22.7. The zero-order chi connectivity index (χ0) is 29.4. The summed E-state index contributed by atoms with van der Waals surface area (Å²) in [7, 11) is 0. The van der Waals surface area contributed by atoms with Crippen molar-refractivity contribution < 1.29 is 15.0 Å². The first-order valence-electron chi connectivity index (χ1n) is 16.9. The Morgan fingerprint density at radius 3 is 1.57 bits per heavy atom. The average Bonchev–Trinajstić information content (AvgIpc) is 2.96. The number of carbonyl (C=O) groups excluding carboxylic acids is 1. The van der Waals surface area contributed by atoms with Crippen LogP contribution in [0.15, 0.2) is 48.6 Å². The normalized spacial score (nSPS) is 13.8. The Morgan fingerprint density at radius 1 is 0.600 bits per heavy atom. The Balaban J connectivity index is 3.68. The second-order valence-electron chi connectivity index (χ2n) is 11.2. The molecule has 0 aromatic carbocycles. The third-order valence-electron chi connectivity index (χ3n) is 7.31. The van der Waals surface area contributed by atoms with E-state index >= 15 is 0 Å². The van der Waals surface area contributed by atoms with Crippen LogP contribution >= 0.6 is 0 Å². The molecule has 4 heteroatoms. The van der Waals surface area contributed by atoms with Gasteiger partial charge in [-0.25, -0.2) is 0 Å². The van der Waals surface area contributed by atoms with Crippen molar-refractivity contribution in [3.8, 4) is 0 Å². The number of rotatable bonds is 29. The molecule has 3 N–H and O–H groups in total. The van der Waals surface area contributed by atoms with Crippen LogP contribution in [0.5, 0.6) is 0 Å². The van der Waals surface area contributed by atoms with Gasteiger partial charge in [0.2, 0.25) is 5.91 Å². The molecule has 0 fully saturated rings. The van der Waals surface area contributed by atoms with Gasteiger partial charge in [0.15, 0.2) is 0 Å². The summed E-state index contributed by atoms with van der Waals surface area (Å²) in [4.78, 5) is 12.2. The molecule has 40 heavy (non-hydrogen) atoms. The van der Waals surface area contributed by atoms with Crippen molar-refractivity contribution in [2.45, 2.75) is 167 Å². The van der Waals surface area contributed by atoms with Crippen molar-refractivity contribution in [2.24, 2.45) is 0 Å². The third kappa shape index (κ3) is 27.9. The van der Waals surface area contributed by atoms with Crippen LogP contribution in [0.4, 0.5) is 0 Å². The van der Waals surface area contributed by atoms with Crippen molar-refractivity contribution >= 4 is 5.91 Å². The Hall–Kier alpha value is -1.65. The highest BCUT2D eigenvalue weighted by molar-refractivity contribution is 5.76. The van der Waals surface area contributed by atoms with Crippen LogP contribution < -0.4 is 5.32 Å². The van der Waals surface area contributed by atoms with Gasteiger partial charge in [-0.15, -0.1) is 0 Å². The smallest absolute Gasteiger partial charge is 0.220 e. The highest BCUT2D eigenvalue weighted by Crippen LogP contribution is 2.11. The highest BCUT2D eigenvalue weighted by Gasteiger charge is 2.17. The molecule has 0 aromatic rings. The molecule has 0 aliphatic rings. The number of hydrogen-bond acceptors (Lipinski definition) is 3. The minimum atomic E-state index is -0.842. The zero-order valence-corrected chi connectivity index (χ0v) is 26.3. The van der Waals surface area contributed by atoms with Gasteiger partial charge < -0.3 is 15.5 Å². The Labute approximate surface area is 248 Å². The first kappa shape index (κ1) is 38.4. The van der Waals surface area contributed by atoms with E-state index in [1.54, 1.807) is 6.08 Å². The molecule has 0 heterocycles. The first-order chi connectivity index (χ1) is 19.7. The number of aliphatic hydroxyl groups is 2. The van der Waals surface area contributed by atoms with Crippen LogP contribution in [0, 0.1) is 0 Å². The number of nitrogens with one attached hydrogen (secondary N) is 1. The highest BCUT2D eigenvalue weighted by atomic mass is 16.3. The SMILES string of the molecule is CCCCC/C=C\C/C=C\C/C=C\CCCCCCCCC(=O)NC(CO)C(O)/C=C/CCCCCCCCC. The molecular weight excluding hydrogens is 494 g/mol. The van der Waals surface area contributed by atoms with E-state index in [0.717, 1.165) is 51.4 Å². The van der Waals surface area contributed by atoms with Crippen LogP contribution in [0.2, 0.25) is 0 Å². The molecule has 0 aliphatic heterocycles. The largest absolute Gasteiger partial charge is 0.394 e. The van der Waals surface area contributed by atoms with E-state index in [9.17, 15) is 15.0 Å². The zero-order valence-electron chi connectivity index (χ0n) is 26.3. The van der Waals surface area contributed by atoms with Crippen molar-refractivity contribution in [3.63, 3.8) is 0 Å². The lowest BCUT2D eigenvalue weighted by molar-refractivity contribution is -0.123. The minimum Gasteiger partial charge on any atom is -0.394 e. The Kier molecular flexibility index (Phi) is 30.6. The molecular formula is C36H65NO3. The first-order valence-corrected chi connectivity index (χ1v) is 16.9. The van der Waals surface area contributed by atoms with Crippen LogP contribution in [-0.2, 0) is 4.79 Å². The lowest BCUT2D eigenvalue weighted by atomic mass is 10.1. The molecule has 232 valence electrons. The fraction of sp³-hybridized carbons (Fsp3) is 0.750. The molecule has 0 aliphatic carbocycles. The summed E-state index contributed by atoms with van der Waals surface area (Å²) in [6.07, 6.45) is 41.8. The van der Waals surface area contributed by atoms with E-state index in [0.29, 0.717) is 6.42 Å². The van der Waals surface area contributed by atoms with Crippen LogP contribution in [-0.4, -0.2) is 34.9 Å². The van der Waals surface area contributed by atoms with E-state index in [2.05, 4.69) is 55.6 Å². The Bertz CT molecular complexity index is 652. The van der Waals surface area contributed by atoms with Crippen molar-refractivity contribution in [3.05, 3.63) is 48.6 Å². The predicted octanol–water partition coefficient (Wildman–Crippen LogP) is 9.67. The van der Waals surface area contributed by atoms with Crippen LogP contribution in [0.3, 0.4) is 0 Å². The number of carbonyl (C=O) groups is 1. The minimum absolute atomic E-state index is 0.0826. The van der Waals surface area contributed by atoms with Gasteiger partial charge >= 0.3 is 0 Å². The fourth-order valence-corrected chi connectivity index (χ4v) is 4.65. The summed E-state index contributed by atoms with van der Waals surface area (Å²) in [6, 6.07) is -0.626. The molecule has 0 radical (unpaired) electrons. The predicted molar refractivity (Wildman–Crippen MR) is 175 cm³/mol. The fourth-order valence-electron chi connectivity index (χ4n) is 4.65. The van der Waals surface area contributed by atoms with E-state index in [1.807, 2.05) is 6.08 Å². The van der Waals surface area contributed by atoms with Gasteiger partial charge in [-0.05, 0) is 57.8 Å². The number of unbranched alkanes of at least 4 members (excludes halogenated alkanes) is 16. The Morgan fingerprint density at radius 2 is 1.02 bits per heavy atom. The third-order valence-corrected chi connectivity index (χ3v) is 7.31. The standard InChI is InChI=1S/C36H65NO3/c1-3-5-7-9-11-13-14-15-16-17-18-19-20-21-22-24-26-28-30-32-36(40)37-34(33-38)35(39)31-29-27-25-23-12-10-8-6-4-2/h11,13,15-16,18-19,29,31,34-35,38-39H,3-10,12,14,17,20-28,30,32-33H2,1-2H3,(H,37,40)/b13-11-,16-15-,19-18-,31-29+. The van der Waals surface area contributed by atoms with E-state index in [4.69, 9.17) is 0 Å². The van der Waals surface area contributed by atoms with Gasteiger partial charge in [0.05, 0.1) is 18.8 Å². The number of aliphatic hydroxyl groups excluding tert-OH is 2. The average molecular weight is 560 g/mol. The molecule has 0 saturated heterocycles. The number of allylic oxidation sites excluding steroid dienone is 7. The molecule has 0 saturated carbocycles. The molecule has 2 unspecified atom stereocenters. The quantitative estimate of drug-likeness (QED) is 0.0631. The van der Waals surface area contributed by atoms with Gasteiger partial charge in [0.25, 0.3) is 0 Å². The number of amides is 1. The molecule has 2 atom stereocenters. The van der Waals surface area contributed by atoms with E-state index < -0.39 is 12.1 Å². The van der Waals surface area contributed by atoms with Gasteiger partial charge in [-0.3, -0.25) is 4.79 Å². The van der Waals surface area contributed by atoms with Crippen molar-refractivity contribution in [1.29, 1.82) is 0 Å². The molecule has 0 bridgehead atoms. The molecule has 0 aromatic heterocycles. The lowest BCUT2D eigenvalue weighted by Gasteiger charge is -2.20. The summed E-state index contributed by atoms with van der Waals surface area (Å²) in [5.41, 5.74) is 0. The van der Waals surface area contributed by atoms with Crippen LogP contribution in [0.1, 0.15) is 155 Å². The summed E-state index contributed by atoms with van der Waals surface area (Å²) in [6.45, 7) is 4.22. The maximum absolute atomic E-state index is 12.2. The molecule has 1 amide bonds. The second kappa shape index (κ2) is 31.9. The van der Waals surface area contributed by atoms with Gasteiger partial charge in [-0.1, -0.05) is 140 Å². The summed E-state index contributed by atoms with van der Waals surface area (Å²) >= 11 is 0. The lowest BCUT2D eigenvalue weighted by Crippen LogP contribution is -2.45. The van der Waals surface area contributed by atoms with Gasteiger partial charge in [0, 0.05) is 6.42 Å². The maximum atomic E-state index is 12.2. The summed E-state index contributed by atoms with van der Waals surface area (Å²) < 4.78 is 0.